The number of H-pyrrole nitrogens is 1. The predicted octanol–water partition coefficient (Wildman–Crippen LogP) is 1.32. The van der Waals surface area contributed by atoms with Crippen LogP contribution in [-0.2, 0) is 0 Å². The molecule has 1 saturated heterocycles. The average molecular weight is 257 g/mol. The number of aromatic nitrogens is 2. The highest BCUT2D eigenvalue weighted by molar-refractivity contribution is 6.32. The molecule has 0 aromatic carbocycles. The Kier molecular flexibility index (Phi) is 4.02. The zero-order valence-corrected chi connectivity index (χ0v) is 10.6. The summed E-state index contributed by atoms with van der Waals surface area (Å²) in [4.78, 5) is 20.1. The van der Waals surface area contributed by atoms with E-state index in [2.05, 4.69) is 27.1 Å². The Morgan fingerprint density at radius 3 is 3.00 bits per heavy atom. The van der Waals surface area contributed by atoms with Gasteiger partial charge in [-0.3, -0.25) is 9.69 Å². The van der Waals surface area contributed by atoms with Gasteiger partial charge >= 0.3 is 0 Å². The molecular weight excluding hydrogens is 240 g/mol. The molecule has 2 heterocycles. The molecule has 1 atom stereocenters. The van der Waals surface area contributed by atoms with Crippen LogP contribution in [0, 0.1) is 0 Å². The van der Waals surface area contributed by atoms with Crippen LogP contribution in [0.5, 0.6) is 0 Å². The fourth-order valence-corrected chi connectivity index (χ4v) is 2.23. The molecule has 2 N–H and O–H groups in total. The molecule has 1 fully saturated rings. The first-order valence-electron chi connectivity index (χ1n) is 5.89. The topological polar surface area (TPSA) is 61.0 Å². The van der Waals surface area contributed by atoms with Crippen molar-refractivity contribution in [1.82, 2.24) is 14.9 Å². The van der Waals surface area contributed by atoms with Crippen LogP contribution >= 0.6 is 11.6 Å². The average Bonchev–Trinajstić information content (AvgIpc) is 2.84. The maximum absolute atomic E-state index is 11.3. The van der Waals surface area contributed by atoms with Crippen LogP contribution in [0.25, 0.3) is 0 Å². The smallest absolute Gasteiger partial charge is 0.271 e. The van der Waals surface area contributed by atoms with Gasteiger partial charge in [-0.1, -0.05) is 11.6 Å². The van der Waals surface area contributed by atoms with Gasteiger partial charge in [0.25, 0.3) is 5.56 Å². The van der Waals surface area contributed by atoms with Crippen LogP contribution in [-0.4, -0.2) is 40.5 Å². The van der Waals surface area contributed by atoms with Gasteiger partial charge in [0.1, 0.15) is 5.02 Å². The van der Waals surface area contributed by atoms with E-state index in [-0.39, 0.29) is 10.6 Å². The number of rotatable bonds is 4. The van der Waals surface area contributed by atoms with E-state index < -0.39 is 0 Å². The zero-order valence-electron chi connectivity index (χ0n) is 9.87. The van der Waals surface area contributed by atoms with Gasteiger partial charge in [0.05, 0.1) is 6.33 Å². The molecule has 0 aliphatic carbocycles. The number of halogens is 1. The second kappa shape index (κ2) is 5.51. The van der Waals surface area contributed by atoms with Gasteiger partial charge < -0.3 is 10.3 Å². The van der Waals surface area contributed by atoms with Crippen molar-refractivity contribution in [1.29, 1.82) is 0 Å². The molecule has 1 aliphatic heterocycles. The largest absolute Gasteiger partial charge is 0.367 e. The minimum atomic E-state index is -0.307. The highest BCUT2D eigenvalue weighted by Gasteiger charge is 2.18. The first-order chi connectivity index (χ1) is 8.18. The van der Waals surface area contributed by atoms with E-state index in [1.165, 1.54) is 19.2 Å². The molecule has 1 unspecified atom stereocenters. The van der Waals surface area contributed by atoms with Crippen molar-refractivity contribution in [2.45, 2.75) is 25.8 Å². The van der Waals surface area contributed by atoms with E-state index in [4.69, 9.17) is 11.6 Å². The summed E-state index contributed by atoms with van der Waals surface area (Å²) >= 11 is 5.85. The molecule has 0 amide bonds. The van der Waals surface area contributed by atoms with Crippen LogP contribution in [0.3, 0.4) is 0 Å². The number of nitrogens with zero attached hydrogens (tertiary/aromatic N) is 2. The van der Waals surface area contributed by atoms with E-state index in [1.54, 1.807) is 0 Å². The Balaban J connectivity index is 1.93. The van der Waals surface area contributed by atoms with Gasteiger partial charge in [0, 0.05) is 12.6 Å². The summed E-state index contributed by atoms with van der Waals surface area (Å²) in [5.74, 6) is 0.460. The first-order valence-corrected chi connectivity index (χ1v) is 6.27. The molecule has 17 heavy (non-hydrogen) atoms. The number of anilines is 1. The van der Waals surface area contributed by atoms with Crippen LogP contribution < -0.4 is 10.9 Å². The lowest BCUT2D eigenvalue weighted by atomic mass is 10.3. The molecule has 94 valence electrons. The molecule has 1 aromatic heterocycles. The maximum atomic E-state index is 11.3. The summed E-state index contributed by atoms with van der Waals surface area (Å²) in [7, 11) is 0. The third kappa shape index (κ3) is 2.98. The number of nitrogens with one attached hydrogen (secondary N) is 2. The summed E-state index contributed by atoms with van der Waals surface area (Å²) in [5.41, 5.74) is -0.307. The van der Waals surface area contributed by atoms with E-state index in [9.17, 15) is 4.79 Å². The second-order valence-corrected chi connectivity index (χ2v) is 4.75. The summed E-state index contributed by atoms with van der Waals surface area (Å²) in [6.45, 7) is 5.22. The van der Waals surface area contributed by atoms with Crippen molar-refractivity contribution in [3.05, 3.63) is 21.7 Å². The Morgan fingerprint density at radius 2 is 2.29 bits per heavy atom. The summed E-state index contributed by atoms with van der Waals surface area (Å²) in [6.07, 6.45) is 3.90. The van der Waals surface area contributed by atoms with Gasteiger partial charge in [-0.15, -0.1) is 0 Å². The summed E-state index contributed by atoms with van der Waals surface area (Å²) in [5, 5.41) is 3.25. The van der Waals surface area contributed by atoms with Gasteiger partial charge in [-0.25, -0.2) is 4.98 Å². The lowest BCUT2D eigenvalue weighted by Crippen LogP contribution is -2.35. The molecule has 0 bridgehead atoms. The molecule has 1 aromatic rings. The molecule has 0 spiro atoms. The minimum Gasteiger partial charge on any atom is -0.367 e. The normalized spacial score (nSPS) is 18.2. The molecule has 0 saturated carbocycles. The Hall–Kier alpha value is -1.07. The summed E-state index contributed by atoms with van der Waals surface area (Å²) in [6, 6.07) is 0.426. The Morgan fingerprint density at radius 1 is 1.59 bits per heavy atom. The van der Waals surface area contributed by atoms with E-state index in [1.807, 2.05) is 0 Å². The minimum absolute atomic E-state index is 0.126. The van der Waals surface area contributed by atoms with Crippen molar-refractivity contribution in [2.75, 3.05) is 25.0 Å². The third-order valence-corrected chi connectivity index (χ3v) is 3.48. The van der Waals surface area contributed by atoms with E-state index >= 15 is 0 Å². The van der Waals surface area contributed by atoms with Crippen molar-refractivity contribution in [3.63, 3.8) is 0 Å². The number of hydrogen-bond donors (Lipinski definition) is 2. The standard InChI is InChI=1S/C11H17ClN4O/c1-8(16-4-2-3-5-16)6-13-10-9(12)11(17)15-7-14-10/h7-8H,2-6H2,1H3,(H2,13,14,15,17). The fourth-order valence-electron chi connectivity index (χ4n) is 2.06. The van der Waals surface area contributed by atoms with Crippen LogP contribution in [0.2, 0.25) is 5.02 Å². The molecule has 1 aliphatic rings. The fraction of sp³-hybridized carbons (Fsp3) is 0.636. The van der Waals surface area contributed by atoms with Gasteiger partial charge in [0.15, 0.2) is 5.82 Å². The molecule has 6 heteroatoms. The van der Waals surface area contributed by atoms with Gasteiger partial charge in [0.2, 0.25) is 0 Å². The number of hydrogen-bond acceptors (Lipinski definition) is 4. The lowest BCUT2D eigenvalue weighted by molar-refractivity contribution is 0.269. The van der Waals surface area contributed by atoms with Crippen molar-refractivity contribution in [3.8, 4) is 0 Å². The molecule has 2 rings (SSSR count). The van der Waals surface area contributed by atoms with Crippen LogP contribution in [0.15, 0.2) is 11.1 Å². The van der Waals surface area contributed by atoms with E-state index in [0.29, 0.717) is 11.9 Å². The Bertz CT molecular complexity index is 428. The second-order valence-electron chi connectivity index (χ2n) is 4.37. The molecular formula is C11H17ClN4O. The van der Waals surface area contributed by atoms with E-state index in [0.717, 1.165) is 19.6 Å². The highest BCUT2D eigenvalue weighted by Crippen LogP contribution is 2.14. The SMILES string of the molecule is CC(CNc1nc[nH]c(=O)c1Cl)N1CCCC1. The number of likely N-dealkylation sites (tertiary alicyclic amines) is 1. The van der Waals surface area contributed by atoms with Crippen LogP contribution in [0.1, 0.15) is 19.8 Å². The predicted molar refractivity (Wildman–Crippen MR) is 68.6 cm³/mol. The highest BCUT2D eigenvalue weighted by atomic mass is 35.5. The van der Waals surface area contributed by atoms with Crippen molar-refractivity contribution >= 4 is 17.4 Å². The lowest BCUT2D eigenvalue weighted by Gasteiger charge is -2.24. The maximum Gasteiger partial charge on any atom is 0.271 e. The zero-order chi connectivity index (χ0) is 12.3. The number of aromatic amines is 1. The first kappa shape index (κ1) is 12.4. The molecule has 0 radical (unpaired) electrons. The monoisotopic (exact) mass is 256 g/mol. The quantitative estimate of drug-likeness (QED) is 0.853. The van der Waals surface area contributed by atoms with Crippen molar-refractivity contribution < 1.29 is 0 Å². The van der Waals surface area contributed by atoms with Crippen molar-refractivity contribution in [2.24, 2.45) is 0 Å². The Labute approximate surface area is 105 Å². The third-order valence-electron chi connectivity index (χ3n) is 3.13. The van der Waals surface area contributed by atoms with Crippen LogP contribution in [0.4, 0.5) is 5.82 Å². The van der Waals surface area contributed by atoms with Gasteiger partial charge in [-0.05, 0) is 32.9 Å². The molecule has 5 nitrogen and oxygen atoms in total. The summed E-state index contributed by atoms with van der Waals surface area (Å²) < 4.78 is 0. The van der Waals surface area contributed by atoms with Gasteiger partial charge in [-0.2, -0.15) is 0 Å².